The van der Waals surface area contributed by atoms with Gasteiger partial charge in [0.15, 0.2) is 0 Å². The molecule has 1 saturated heterocycles. The van der Waals surface area contributed by atoms with Crippen molar-refractivity contribution in [3.8, 4) is 5.69 Å². The van der Waals surface area contributed by atoms with Gasteiger partial charge in [0.05, 0.1) is 10.0 Å². The minimum Gasteiger partial charge on any atom is -0.336 e. The fourth-order valence-corrected chi connectivity index (χ4v) is 3.72. The summed E-state index contributed by atoms with van der Waals surface area (Å²) in [5.41, 5.74) is 0.551. The maximum atomic E-state index is 12.9. The molecule has 0 aliphatic carbocycles. The number of carbonyl (C=O) groups excluding carboxylic acids is 1. The highest BCUT2D eigenvalue weighted by Crippen LogP contribution is 2.30. The Morgan fingerprint density at radius 2 is 1.88 bits per heavy atom. The second-order valence-corrected chi connectivity index (χ2v) is 7.64. The van der Waals surface area contributed by atoms with Gasteiger partial charge in [-0.25, -0.2) is 9.67 Å². The number of hydrogen-bond donors (Lipinski definition) is 1. The van der Waals surface area contributed by atoms with Crippen molar-refractivity contribution in [2.45, 2.75) is 38.6 Å². The zero-order valence-corrected chi connectivity index (χ0v) is 16.7. The monoisotopic (exact) mass is 395 g/mol. The van der Waals surface area contributed by atoms with E-state index >= 15 is 0 Å². The highest BCUT2D eigenvalue weighted by molar-refractivity contribution is 6.37. The van der Waals surface area contributed by atoms with Crippen molar-refractivity contribution < 1.29 is 4.79 Å². The van der Waals surface area contributed by atoms with Crippen LogP contribution >= 0.6 is 23.2 Å². The molecule has 1 N–H and O–H groups in total. The summed E-state index contributed by atoms with van der Waals surface area (Å²) in [7, 11) is 1.82. The first-order valence-electron chi connectivity index (χ1n) is 8.79. The Hall–Kier alpha value is -1.63. The molecule has 1 aromatic heterocycles. The molecule has 1 aromatic carbocycles. The molecule has 8 heteroatoms. The van der Waals surface area contributed by atoms with Gasteiger partial charge in [-0.3, -0.25) is 4.79 Å². The fraction of sp³-hybridized carbons (Fsp3) is 0.500. The van der Waals surface area contributed by atoms with E-state index in [0.29, 0.717) is 21.6 Å². The number of nitrogens with zero attached hydrogens (tertiary/aromatic N) is 4. The van der Waals surface area contributed by atoms with Gasteiger partial charge >= 0.3 is 0 Å². The smallest absolute Gasteiger partial charge is 0.293 e. The molecule has 0 unspecified atom stereocenters. The van der Waals surface area contributed by atoms with Crippen LogP contribution in [-0.4, -0.2) is 51.8 Å². The van der Waals surface area contributed by atoms with Gasteiger partial charge < -0.3 is 10.2 Å². The summed E-state index contributed by atoms with van der Waals surface area (Å²) in [6.45, 7) is 5.82. The number of aromatic nitrogens is 3. The Morgan fingerprint density at radius 1 is 1.27 bits per heavy atom. The average Bonchev–Trinajstić information content (AvgIpc) is 3.06. The molecule has 0 atom stereocenters. The molecule has 2 heterocycles. The summed E-state index contributed by atoms with van der Waals surface area (Å²) in [5, 5.41) is 8.71. The van der Waals surface area contributed by atoms with Crippen molar-refractivity contribution in [1.29, 1.82) is 0 Å². The lowest BCUT2D eigenvalue weighted by Gasteiger charge is -2.30. The number of benzene rings is 1. The molecular formula is C18H23Cl2N5O. The van der Waals surface area contributed by atoms with Crippen LogP contribution in [0.1, 0.15) is 49.1 Å². The van der Waals surface area contributed by atoms with E-state index in [1.807, 2.05) is 20.9 Å². The standard InChI is InChI=1S/C18H23Cl2N5O/c1-11(2)17-22-16(18(26)24(3)12-7-9-21-10-8-12)23-25(17)15-13(19)5-4-6-14(15)20/h4-6,11-12,21H,7-10H2,1-3H3. The van der Waals surface area contributed by atoms with Gasteiger partial charge in [-0.15, -0.1) is 5.10 Å². The summed E-state index contributed by atoms with van der Waals surface area (Å²) in [5.74, 6) is 0.703. The van der Waals surface area contributed by atoms with Crippen LogP contribution in [0.3, 0.4) is 0 Å². The molecule has 2 aromatic rings. The second-order valence-electron chi connectivity index (χ2n) is 6.83. The molecule has 1 fully saturated rings. The summed E-state index contributed by atoms with van der Waals surface area (Å²) in [6, 6.07) is 5.47. The maximum Gasteiger partial charge on any atom is 0.293 e. The summed E-state index contributed by atoms with van der Waals surface area (Å²) >= 11 is 12.7. The van der Waals surface area contributed by atoms with Gasteiger partial charge in [0.25, 0.3) is 5.91 Å². The van der Waals surface area contributed by atoms with E-state index in [0.717, 1.165) is 25.9 Å². The first-order valence-corrected chi connectivity index (χ1v) is 9.55. The maximum absolute atomic E-state index is 12.9. The number of para-hydroxylation sites is 1. The van der Waals surface area contributed by atoms with Gasteiger partial charge in [0.1, 0.15) is 11.5 Å². The molecule has 1 aliphatic rings. The number of piperidine rings is 1. The van der Waals surface area contributed by atoms with Crippen molar-refractivity contribution in [3.05, 3.63) is 39.9 Å². The van der Waals surface area contributed by atoms with Gasteiger partial charge in [-0.1, -0.05) is 43.1 Å². The van der Waals surface area contributed by atoms with Crippen molar-refractivity contribution in [1.82, 2.24) is 25.0 Å². The van der Waals surface area contributed by atoms with E-state index in [2.05, 4.69) is 15.4 Å². The average molecular weight is 396 g/mol. The van der Waals surface area contributed by atoms with Crippen LogP contribution in [0.2, 0.25) is 10.0 Å². The molecule has 0 saturated carbocycles. The third kappa shape index (κ3) is 3.72. The van der Waals surface area contributed by atoms with Crippen molar-refractivity contribution in [2.24, 2.45) is 0 Å². The SMILES string of the molecule is CC(C)c1nc(C(=O)N(C)C2CCNCC2)nn1-c1c(Cl)cccc1Cl. The lowest BCUT2D eigenvalue weighted by molar-refractivity contribution is 0.0691. The third-order valence-corrected chi connectivity index (χ3v) is 5.28. The van der Waals surface area contributed by atoms with Crippen LogP contribution in [0, 0.1) is 0 Å². The van der Waals surface area contributed by atoms with E-state index in [4.69, 9.17) is 23.2 Å². The first kappa shape index (κ1) is 19.1. The summed E-state index contributed by atoms with van der Waals surface area (Å²) < 4.78 is 1.60. The van der Waals surface area contributed by atoms with Crippen LogP contribution in [0.25, 0.3) is 5.69 Å². The van der Waals surface area contributed by atoms with Gasteiger partial charge in [-0.2, -0.15) is 0 Å². The Morgan fingerprint density at radius 3 is 2.46 bits per heavy atom. The van der Waals surface area contributed by atoms with E-state index in [1.165, 1.54) is 0 Å². The van der Waals surface area contributed by atoms with Crippen LogP contribution in [-0.2, 0) is 0 Å². The normalized spacial score (nSPS) is 15.5. The molecule has 0 radical (unpaired) electrons. The fourth-order valence-electron chi connectivity index (χ4n) is 3.16. The van der Waals surface area contributed by atoms with Crippen LogP contribution < -0.4 is 5.32 Å². The molecule has 140 valence electrons. The lowest BCUT2D eigenvalue weighted by Crippen LogP contribution is -2.44. The summed E-state index contributed by atoms with van der Waals surface area (Å²) in [4.78, 5) is 19.2. The highest BCUT2D eigenvalue weighted by atomic mass is 35.5. The molecule has 0 spiro atoms. The van der Waals surface area contributed by atoms with E-state index in [1.54, 1.807) is 27.8 Å². The molecule has 6 nitrogen and oxygen atoms in total. The zero-order valence-electron chi connectivity index (χ0n) is 15.2. The molecule has 1 amide bonds. The quantitative estimate of drug-likeness (QED) is 0.859. The van der Waals surface area contributed by atoms with E-state index in [9.17, 15) is 4.79 Å². The third-order valence-electron chi connectivity index (χ3n) is 4.67. The number of carbonyl (C=O) groups is 1. The number of halogens is 2. The number of rotatable bonds is 4. The Labute approximate surface area is 163 Å². The van der Waals surface area contributed by atoms with Crippen molar-refractivity contribution in [2.75, 3.05) is 20.1 Å². The molecule has 1 aliphatic heterocycles. The van der Waals surface area contributed by atoms with Gasteiger partial charge in [0, 0.05) is 19.0 Å². The second kappa shape index (κ2) is 7.94. The highest BCUT2D eigenvalue weighted by Gasteiger charge is 2.28. The van der Waals surface area contributed by atoms with Gasteiger partial charge in [-0.05, 0) is 38.1 Å². The molecule has 0 bridgehead atoms. The number of hydrogen-bond acceptors (Lipinski definition) is 4. The van der Waals surface area contributed by atoms with Gasteiger partial charge in [0.2, 0.25) is 5.82 Å². The van der Waals surface area contributed by atoms with Crippen LogP contribution in [0.4, 0.5) is 0 Å². The summed E-state index contributed by atoms with van der Waals surface area (Å²) in [6.07, 6.45) is 1.85. The van der Waals surface area contributed by atoms with Crippen LogP contribution in [0.15, 0.2) is 18.2 Å². The minimum absolute atomic E-state index is 0.0561. The Bertz CT molecular complexity index is 779. The minimum atomic E-state index is -0.180. The number of amides is 1. The topological polar surface area (TPSA) is 63.1 Å². The Kier molecular flexibility index (Phi) is 5.85. The van der Waals surface area contributed by atoms with Crippen LogP contribution in [0.5, 0.6) is 0 Å². The first-order chi connectivity index (χ1) is 12.4. The predicted molar refractivity (Wildman–Crippen MR) is 103 cm³/mol. The predicted octanol–water partition coefficient (Wildman–Crippen LogP) is 3.52. The molecule has 26 heavy (non-hydrogen) atoms. The molecular weight excluding hydrogens is 373 g/mol. The molecule has 3 rings (SSSR count). The van der Waals surface area contributed by atoms with Crippen molar-refractivity contribution in [3.63, 3.8) is 0 Å². The van der Waals surface area contributed by atoms with Crippen molar-refractivity contribution >= 4 is 29.1 Å². The van der Waals surface area contributed by atoms with E-state index in [-0.39, 0.29) is 23.7 Å². The largest absolute Gasteiger partial charge is 0.336 e. The Balaban J connectivity index is 1.98. The zero-order chi connectivity index (χ0) is 18.8. The number of nitrogens with one attached hydrogen (secondary N) is 1. The van der Waals surface area contributed by atoms with E-state index < -0.39 is 0 Å². The lowest BCUT2D eigenvalue weighted by atomic mass is 10.1.